The predicted molar refractivity (Wildman–Crippen MR) is 53.2 cm³/mol. The van der Waals surface area contributed by atoms with Gasteiger partial charge in [-0.25, -0.2) is 8.42 Å². The van der Waals surface area contributed by atoms with Crippen LogP contribution in [0.2, 0.25) is 0 Å². The summed E-state index contributed by atoms with van der Waals surface area (Å²) in [7, 11) is -3.17. The van der Waals surface area contributed by atoms with Crippen molar-refractivity contribution in [2.45, 2.75) is 6.92 Å². The highest BCUT2D eigenvalue weighted by Crippen LogP contribution is 2.31. The molecule has 0 saturated carbocycles. The molecule has 2 amide bonds. The van der Waals surface area contributed by atoms with Gasteiger partial charge < -0.3 is 11.5 Å². The molecule has 0 radical (unpaired) electrons. The molecule has 1 rings (SSSR count). The molecule has 86 valence electrons. The summed E-state index contributed by atoms with van der Waals surface area (Å²) in [5.74, 6) is -3.94. The molecule has 0 aromatic heterocycles. The molecule has 0 aliphatic carbocycles. The van der Waals surface area contributed by atoms with Crippen molar-refractivity contribution in [1.82, 2.24) is 0 Å². The second kappa shape index (κ2) is 3.80. The monoisotopic (exact) mass is 234 g/mol. The molecule has 1 aliphatic rings. The zero-order valence-electron chi connectivity index (χ0n) is 8.34. The molecule has 0 spiro atoms. The van der Waals surface area contributed by atoms with Gasteiger partial charge in [0.15, 0.2) is 9.84 Å². The van der Waals surface area contributed by atoms with Crippen LogP contribution in [-0.2, 0) is 19.4 Å². The van der Waals surface area contributed by atoms with Crippen LogP contribution < -0.4 is 11.5 Å². The van der Waals surface area contributed by atoms with E-state index in [1.165, 1.54) is 0 Å². The number of hydrogen-bond acceptors (Lipinski definition) is 4. The lowest BCUT2D eigenvalue weighted by Crippen LogP contribution is -2.42. The highest BCUT2D eigenvalue weighted by molar-refractivity contribution is 7.91. The Kier molecular flexibility index (Phi) is 3.03. The SMILES string of the molecule is C[C@@H]1CS(=O)(=O)C[C@H]1C(C(N)=O)C(N)=O. The molecule has 0 aromatic rings. The normalized spacial score (nSPS) is 29.2. The molecule has 4 N–H and O–H groups in total. The standard InChI is InChI=1S/C8H14N2O4S/c1-4-2-15(13,14)3-5(4)6(7(9)11)8(10)12/h4-6H,2-3H2,1H3,(H2,9,11)(H2,10,12)/t4-,5-/m1/s1. The molecular weight excluding hydrogens is 220 g/mol. The van der Waals surface area contributed by atoms with Crippen LogP contribution in [0.15, 0.2) is 0 Å². The summed E-state index contributed by atoms with van der Waals surface area (Å²) in [5.41, 5.74) is 10.1. The topological polar surface area (TPSA) is 120 Å². The van der Waals surface area contributed by atoms with Crippen LogP contribution in [0, 0.1) is 17.8 Å². The van der Waals surface area contributed by atoms with Gasteiger partial charge in [-0.05, 0) is 11.8 Å². The number of carbonyl (C=O) groups excluding carboxylic acids is 2. The van der Waals surface area contributed by atoms with E-state index in [2.05, 4.69) is 0 Å². The first-order valence-corrected chi connectivity index (χ1v) is 6.36. The Morgan fingerprint density at radius 3 is 1.93 bits per heavy atom. The van der Waals surface area contributed by atoms with Crippen molar-refractivity contribution in [1.29, 1.82) is 0 Å². The molecule has 1 heterocycles. The van der Waals surface area contributed by atoms with Gasteiger partial charge in [0, 0.05) is 0 Å². The minimum atomic E-state index is -3.17. The molecule has 1 fully saturated rings. The molecule has 15 heavy (non-hydrogen) atoms. The van der Waals surface area contributed by atoms with Gasteiger partial charge in [0.25, 0.3) is 0 Å². The van der Waals surface area contributed by atoms with Crippen LogP contribution in [0.5, 0.6) is 0 Å². The second-order valence-electron chi connectivity index (χ2n) is 4.00. The molecule has 0 aromatic carbocycles. The predicted octanol–water partition coefficient (Wildman–Crippen LogP) is -1.75. The van der Waals surface area contributed by atoms with Crippen LogP contribution in [0.1, 0.15) is 6.92 Å². The number of sulfone groups is 1. The number of amides is 2. The first-order valence-electron chi connectivity index (χ1n) is 4.53. The summed E-state index contributed by atoms with van der Waals surface area (Å²) >= 11 is 0. The molecule has 0 unspecified atom stereocenters. The van der Waals surface area contributed by atoms with Gasteiger partial charge in [-0.15, -0.1) is 0 Å². The fourth-order valence-electron chi connectivity index (χ4n) is 2.04. The minimum absolute atomic E-state index is 0.0191. The Morgan fingerprint density at radius 1 is 1.20 bits per heavy atom. The van der Waals surface area contributed by atoms with Crippen LogP contribution >= 0.6 is 0 Å². The highest BCUT2D eigenvalue weighted by Gasteiger charge is 2.44. The summed E-state index contributed by atoms with van der Waals surface area (Å²) in [6.07, 6.45) is 0. The van der Waals surface area contributed by atoms with Crippen molar-refractivity contribution in [2.24, 2.45) is 29.2 Å². The van der Waals surface area contributed by atoms with Crippen molar-refractivity contribution >= 4 is 21.7 Å². The van der Waals surface area contributed by atoms with E-state index in [1.54, 1.807) is 6.92 Å². The maximum Gasteiger partial charge on any atom is 0.230 e. The third-order valence-electron chi connectivity index (χ3n) is 2.74. The number of carbonyl (C=O) groups is 2. The fourth-order valence-corrected chi connectivity index (χ4v) is 4.33. The van der Waals surface area contributed by atoms with Gasteiger partial charge >= 0.3 is 0 Å². The first-order chi connectivity index (χ1) is 6.74. The number of primary amides is 2. The Hall–Kier alpha value is -1.11. The van der Waals surface area contributed by atoms with Gasteiger partial charge in [-0.1, -0.05) is 6.92 Å². The van der Waals surface area contributed by atoms with Crippen LogP contribution in [0.4, 0.5) is 0 Å². The molecule has 1 saturated heterocycles. The van der Waals surface area contributed by atoms with Gasteiger partial charge in [0.2, 0.25) is 11.8 Å². The third kappa shape index (κ3) is 2.47. The Morgan fingerprint density at radius 2 is 1.67 bits per heavy atom. The van der Waals surface area contributed by atoms with E-state index in [9.17, 15) is 18.0 Å². The molecule has 0 bridgehead atoms. The molecule has 2 atom stereocenters. The lowest BCUT2D eigenvalue weighted by Gasteiger charge is -2.19. The van der Waals surface area contributed by atoms with Gasteiger partial charge in [-0.3, -0.25) is 9.59 Å². The van der Waals surface area contributed by atoms with Crippen molar-refractivity contribution in [3.05, 3.63) is 0 Å². The third-order valence-corrected chi connectivity index (χ3v) is 4.66. The van der Waals surface area contributed by atoms with E-state index in [0.717, 1.165) is 0 Å². The van der Waals surface area contributed by atoms with E-state index >= 15 is 0 Å². The van der Waals surface area contributed by atoms with Crippen LogP contribution in [-0.4, -0.2) is 31.7 Å². The zero-order chi connectivity index (χ0) is 11.8. The summed E-state index contributed by atoms with van der Waals surface area (Å²) < 4.78 is 22.6. The van der Waals surface area contributed by atoms with Gasteiger partial charge in [0.1, 0.15) is 5.92 Å². The average molecular weight is 234 g/mol. The number of nitrogens with two attached hydrogens (primary N) is 2. The Balaban J connectivity index is 2.97. The maximum atomic E-state index is 11.3. The Labute approximate surface area is 87.9 Å². The van der Waals surface area contributed by atoms with Crippen LogP contribution in [0.25, 0.3) is 0 Å². The summed E-state index contributed by atoms with van der Waals surface area (Å²) in [6, 6.07) is 0. The zero-order valence-corrected chi connectivity index (χ0v) is 9.16. The van der Waals surface area contributed by atoms with E-state index < -0.39 is 33.5 Å². The van der Waals surface area contributed by atoms with Crippen molar-refractivity contribution in [2.75, 3.05) is 11.5 Å². The van der Waals surface area contributed by atoms with E-state index in [-0.39, 0.29) is 17.4 Å². The second-order valence-corrected chi connectivity index (χ2v) is 6.15. The van der Waals surface area contributed by atoms with E-state index in [0.29, 0.717) is 0 Å². The van der Waals surface area contributed by atoms with Crippen molar-refractivity contribution < 1.29 is 18.0 Å². The summed E-state index contributed by atoms with van der Waals surface area (Å²) in [4.78, 5) is 22.0. The van der Waals surface area contributed by atoms with Crippen molar-refractivity contribution in [3.8, 4) is 0 Å². The number of hydrogen-bond donors (Lipinski definition) is 2. The highest BCUT2D eigenvalue weighted by atomic mass is 32.2. The van der Waals surface area contributed by atoms with Gasteiger partial charge in [0.05, 0.1) is 11.5 Å². The number of rotatable bonds is 3. The summed E-state index contributed by atoms with van der Waals surface area (Å²) in [5, 5.41) is 0. The first kappa shape index (κ1) is 12.0. The molecule has 6 nitrogen and oxygen atoms in total. The fraction of sp³-hybridized carbons (Fsp3) is 0.750. The average Bonchev–Trinajstić information content (AvgIpc) is 2.23. The largest absolute Gasteiger partial charge is 0.369 e. The molecule has 7 heteroatoms. The minimum Gasteiger partial charge on any atom is -0.369 e. The van der Waals surface area contributed by atoms with Crippen molar-refractivity contribution in [3.63, 3.8) is 0 Å². The lowest BCUT2D eigenvalue weighted by atomic mass is 9.84. The van der Waals surface area contributed by atoms with Crippen LogP contribution in [0.3, 0.4) is 0 Å². The van der Waals surface area contributed by atoms with Gasteiger partial charge in [-0.2, -0.15) is 0 Å². The quantitative estimate of drug-likeness (QED) is 0.563. The molecule has 1 aliphatic heterocycles. The van der Waals surface area contributed by atoms with E-state index in [4.69, 9.17) is 11.5 Å². The summed E-state index contributed by atoms with van der Waals surface area (Å²) in [6.45, 7) is 1.67. The Bertz CT molecular complexity index is 375. The van der Waals surface area contributed by atoms with E-state index in [1.807, 2.05) is 0 Å². The smallest absolute Gasteiger partial charge is 0.230 e. The maximum absolute atomic E-state index is 11.3. The molecular formula is C8H14N2O4S. The lowest BCUT2D eigenvalue weighted by molar-refractivity contribution is -0.134.